The fourth-order valence-electron chi connectivity index (χ4n) is 2.57. The zero-order chi connectivity index (χ0) is 17.7. The highest BCUT2D eigenvalue weighted by atomic mass is 16.4. The predicted octanol–water partition coefficient (Wildman–Crippen LogP) is 1.51. The number of carbonyl (C=O) groups excluding carboxylic acids is 2. The van der Waals surface area contributed by atoms with Crippen LogP contribution in [0.2, 0.25) is 0 Å². The molecule has 1 unspecified atom stereocenters. The molecule has 2 rings (SSSR count). The molecule has 1 aliphatic carbocycles. The minimum atomic E-state index is -1.03. The number of carboxylic acids is 1. The van der Waals surface area contributed by atoms with Crippen LogP contribution in [0, 0.1) is 6.92 Å². The summed E-state index contributed by atoms with van der Waals surface area (Å²) in [6.07, 6.45) is 2.56. The van der Waals surface area contributed by atoms with Crippen LogP contribution in [0.3, 0.4) is 0 Å². The van der Waals surface area contributed by atoms with E-state index in [2.05, 4.69) is 5.32 Å². The fraction of sp³-hybridized carbons (Fsp3) is 0.500. The summed E-state index contributed by atoms with van der Waals surface area (Å²) in [4.78, 5) is 36.6. The molecule has 0 saturated heterocycles. The molecule has 0 spiro atoms. The second-order valence-corrected chi connectivity index (χ2v) is 6.31. The number of benzene rings is 1. The number of hydrogen-bond donors (Lipinski definition) is 2. The Balaban J connectivity index is 1.78. The van der Waals surface area contributed by atoms with Crippen molar-refractivity contribution in [3.63, 3.8) is 0 Å². The molecular weight excluding hydrogens is 308 g/mol. The smallest absolute Gasteiger partial charge is 0.326 e. The van der Waals surface area contributed by atoms with E-state index in [0.29, 0.717) is 12.8 Å². The second kappa shape index (κ2) is 7.95. The van der Waals surface area contributed by atoms with Gasteiger partial charge < -0.3 is 15.3 Å². The van der Waals surface area contributed by atoms with Crippen LogP contribution in [0.5, 0.6) is 0 Å². The zero-order valence-electron chi connectivity index (χ0n) is 14.1. The van der Waals surface area contributed by atoms with Crippen molar-refractivity contribution in [3.8, 4) is 0 Å². The second-order valence-electron chi connectivity index (χ2n) is 6.31. The van der Waals surface area contributed by atoms with E-state index in [-0.39, 0.29) is 24.4 Å². The summed E-state index contributed by atoms with van der Waals surface area (Å²) in [6, 6.07) is 7.09. The Hall–Kier alpha value is -2.37. The highest BCUT2D eigenvalue weighted by Crippen LogP contribution is 2.28. The van der Waals surface area contributed by atoms with Gasteiger partial charge in [-0.1, -0.05) is 29.8 Å². The minimum Gasteiger partial charge on any atom is -0.480 e. The quantitative estimate of drug-likeness (QED) is 0.755. The molecule has 130 valence electrons. The maximum Gasteiger partial charge on any atom is 0.326 e. The number of hydrogen-bond acceptors (Lipinski definition) is 3. The molecule has 2 N–H and O–H groups in total. The molecule has 1 fully saturated rings. The summed E-state index contributed by atoms with van der Waals surface area (Å²) < 4.78 is 0. The Morgan fingerprint density at radius 3 is 2.42 bits per heavy atom. The standard InChI is InChI=1S/C18H24N2O4/c1-12-3-5-14(6-4-12)7-10-16(21)19-11-17(22)20(15-8-9-15)13(2)18(23)24/h3-6,13,15H,7-11H2,1-2H3,(H,19,21)(H,23,24). The van der Waals surface area contributed by atoms with E-state index >= 15 is 0 Å². The van der Waals surface area contributed by atoms with Gasteiger partial charge in [-0.25, -0.2) is 4.79 Å². The lowest BCUT2D eigenvalue weighted by atomic mass is 10.1. The average Bonchev–Trinajstić information content (AvgIpc) is 3.37. The topological polar surface area (TPSA) is 86.7 Å². The Kier molecular flexibility index (Phi) is 5.95. The van der Waals surface area contributed by atoms with Gasteiger partial charge in [-0.15, -0.1) is 0 Å². The Labute approximate surface area is 141 Å². The van der Waals surface area contributed by atoms with Gasteiger partial charge in [0.2, 0.25) is 11.8 Å². The van der Waals surface area contributed by atoms with E-state index < -0.39 is 12.0 Å². The third kappa shape index (κ3) is 5.08. The van der Waals surface area contributed by atoms with E-state index in [1.54, 1.807) is 0 Å². The van der Waals surface area contributed by atoms with Gasteiger partial charge in [-0.05, 0) is 38.7 Å². The van der Waals surface area contributed by atoms with E-state index in [9.17, 15) is 14.4 Å². The number of nitrogens with zero attached hydrogens (tertiary/aromatic N) is 1. The molecule has 0 bridgehead atoms. The zero-order valence-corrected chi connectivity index (χ0v) is 14.1. The number of nitrogens with one attached hydrogen (secondary N) is 1. The highest BCUT2D eigenvalue weighted by Gasteiger charge is 2.38. The van der Waals surface area contributed by atoms with Gasteiger partial charge in [0.15, 0.2) is 0 Å². The summed E-state index contributed by atoms with van der Waals surface area (Å²) >= 11 is 0. The van der Waals surface area contributed by atoms with Crippen LogP contribution >= 0.6 is 0 Å². The van der Waals surface area contributed by atoms with E-state index in [1.165, 1.54) is 17.4 Å². The van der Waals surface area contributed by atoms with Crippen molar-refractivity contribution in [2.45, 2.75) is 51.6 Å². The third-order valence-electron chi connectivity index (χ3n) is 4.20. The van der Waals surface area contributed by atoms with Crippen molar-refractivity contribution < 1.29 is 19.5 Å². The Bertz CT molecular complexity index is 608. The first kappa shape index (κ1) is 18.0. The van der Waals surface area contributed by atoms with Crippen molar-refractivity contribution in [3.05, 3.63) is 35.4 Å². The molecule has 1 aromatic rings. The first-order chi connectivity index (χ1) is 11.4. The molecule has 6 heteroatoms. The number of rotatable bonds is 8. The van der Waals surface area contributed by atoms with Gasteiger partial charge in [-0.3, -0.25) is 9.59 Å². The van der Waals surface area contributed by atoms with Crippen molar-refractivity contribution in [2.24, 2.45) is 0 Å². The normalized spacial score (nSPS) is 14.8. The monoisotopic (exact) mass is 332 g/mol. The minimum absolute atomic E-state index is 0.00643. The van der Waals surface area contributed by atoms with Crippen LogP contribution < -0.4 is 5.32 Å². The highest BCUT2D eigenvalue weighted by molar-refractivity contribution is 5.88. The van der Waals surface area contributed by atoms with Crippen molar-refractivity contribution in [2.75, 3.05) is 6.54 Å². The first-order valence-corrected chi connectivity index (χ1v) is 8.24. The number of carbonyl (C=O) groups is 3. The van der Waals surface area contributed by atoms with Gasteiger partial charge in [0.1, 0.15) is 6.04 Å². The van der Waals surface area contributed by atoms with E-state index in [0.717, 1.165) is 18.4 Å². The van der Waals surface area contributed by atoms with Gasteiger partial charge in [-0.2, -0.15) is 0 Å². The van der Waals surface area contributed by atoms with Crippen molar-refractivity contribution in [1.29, 1.82) is 0 Å². The molecule has 0 heterocycles. The lowest BCUT2D eigenvalue weighted by Gasteiger charge is -2.26. The summed E-state index contributed by atoms with van der Waals surface area (Å²) in [6.45, 7) is 3.35. The van der Waals surface area contributed by atoms with Gasteiger partial charge in [0, 0.05) is 12.5 Å². The van der Waals surface area contributed by atoms with Crippen molar-refractivity contribution >= 4 is 17.8 Å². The third-order valence-corrected chi connectivity index (χ3v) is 4.20. The Morgan fingerprint density at radius 1 is 1.25 bits per heavy atom. The molecule has 0 aliphatic heterocycles. The molecule has 1 atom stereocenters. The van der Waals surface area contributed by atoms with E-state index in [4.69, 9.17) is 5.11 Å². The van der Waals surface area contributed by atoms with Gasteiger partial charge >= 0.3 is 5.97 Å². The maximum atomic E-state index is 12.2. The number of carboxylic acid groups (broad SMARTS) is 1. The number of aryl methyl sites for hydroxylation is 2. The molecule has 1 aliphatic rings. The fourth-order valence-corrected chi connectivity index (χ4v) is 2.57. The molecule has 2 amide bonds. The van der Waals surface area contributed by atoms with Crippen molar-refractivity contribution in [1.82, 2.24) is 10.2 Å². The molecular formula is C18H24N2O4. The first-order valence-electron chi connectivity index (χ1n) is 8.24. The molecule has 1 saturated carbocycles. The van der Waals surface area contributed by atoms with Crippen LogP contribution in [0.1, 0.15) is 37.3 Å². The SMILES string of the molecule is Cc1ccc(CCC(=O)NCC(=O)N(C2CC2)C(C)C(=O)O)cc1. The lowest BCUT2D eigenvalue weighted by molar-refractivity contribution is -0.149. The molecule has 6 nitrogen and oxygen atoms in total. The number of aliphatic carboxylic acids is 1. The molecule has 1 aromatic carbocycles. The van der Waals surface area contributed by atoms with Crippen LogP contribution in [0.4, 0.5) is 0 Å². The summed E-state index contributed by atoms with van der Waals surface area (Å²) in [5.74, 6) is -1.57. The van der Waals surface area contributed by atoms with Gasteiger partial charge in [0.05, 0.1) is 6.54 Å². The lowest BCUT2D eigenvalue weighted by Crippen LogP contribution is -2.48. The van der Waals surface area contributed by atoms with Crippen LogP contribution in [-0.2, 0) is 20.8 Å². The van der Waals surface area contributed by atoms with E-state index in [1.807, 2.05) is 31.2 Å². The predicted molar refractivity (Wildman–Crippen MR) is 89.5 cm³/mol. The van der Waals surface area contributed by atoms with Crippen LogP contribution in [0.15, 0.2) is 24.3 Å². The molecule has 24 heavy (non-hydrogen) atoms. The molecule has 0 aromatic heterocycles. The summed E-state index contributed by atoms with van der Waals surface area (Å²) in [5.41, 5.74) is 2.24. The maximum absolute atomic E-state index is 12.2. The number of amides is 2. The Morgan fingerprint density at radius 2 is 1.88 bits per heavy atom. The molecule has 0 radical (unpaired) electrons. The average molecular weight is 332 g/mol. The van der Waals surface area contributed by atoms with Gasteiger partial charge in [0.25, 0.3) is 0 Å². The largest absolute Gasteiger partial charge is 0.480 e. The van der Waals surface area contributed by atoms with Crippen LogP contribution in [-0.4, -0.2) is 46.4 Å². The van der Waals surface area contributed by atoms with Crippen LogP contribution in [0.25, 0.3) is 0 Å². The summed E-state index contributed by atoms with van der Waals surface area (Å²) in [7, 11) is 0. The summed E-state index contributed by atoms with van der Waals surface area (Å²) in [5, 5.41) is 11.7.